The maximum absolute atomic E-state index is 5.95. The van der Waals surface area contributed by atoms with Crippen molar-refractivity contribution in [2.45, 2.75) is 44.9 Å². The summed E-state index contributed by atoms with van der Waals surface area (Å²) in [6.45, 7) is 0. The smallest absolute Gasteiger partial charge is 0.103 e. The Morgan fingerprint density at radius 2 is 2.08 bits per heavy atom. The van der Waals surface area contributed by atoms with Crippen LogP contribution in [-0.2, 0) is 4.74 Å². The Labute approximate surface area is 79.5 Å². The maximum Gasteiger partial charge on any atom is 0.103 e. The first-order valence-corrected chi connectivity index (χ1v) is 5.52. The van der Waals surface area contributed by atoms with E-state index in [1.54, 1.807) is 5.57 Å². The van der Waals surface area contributed by atoms with Crippen molar-refractivity contribution in [1.29, 1.82) is 0 Å². The second-order valence-electron chi connectivity index (χ2n) is 4.39. The van der Waals surface area contributed by atoms with E-state index in [0.717, 1.165) is 5.92 Å². The van der Waals surface area contributed by atoms with Gasteiger partial charge in [-0.2, -0.15) is 0 Å². The molecule has 13 heavy (non-hydrogen) atoms. The van der Waals surface area contributed by atoms with Crippen molar-refractivity contribution in [2.75, 3.05) is 0 Å². The van der Waals surface area contributed by atoms with Gasteiger partial charge in [-0.25, -0.2) is 0 Å². The molecule has 3 aliphatic rings. The van der Waals surface area contributed by atoms with Gasteiger partial charge in [-0.3, -0.25) is 0 Å². The number of allylic oxidation sites excluding steroid dienone is 4. The Morgan fingerprint density at radius 1 is 1.15 bits per heavy atom. The summed E-state index contributed by atoms with van der Waals surface area (Å²) in [5.74, 6) is 3.50. The molecule has 0 spiro atoms. The standard InChI is InChI=1S/C12H16O/c1-2-4-10(3-1)13-12-8-6-9-5-7-11(9)12/h3,9H,1-2,4-8H2. The molecule has 70 valence electrons. The van der Waals surface area contributed by atoms with Crippen LogP contribution in [0.4, 0.5) is 0 Å². The number of hydrogen-bond donors (Lipinski definition) is 0. The second-order valence-corrected chi connectivity index (χ2v) is 4.39. The van der Waals surface area contributed by atoms with Gasteiger partial charge < -0.3 is 4.74 Å². The highest BCUT2D eigenvalue weighted by molar-refractivity contribution is 5.26. The van der Waals surface area contributed by atoms with Gasteiger partial charge in [0, 0.05) is 12.8 Å². The number of ether oxygens (including phenoxy) is 1. The average Bonchev–Trinajstić information content (AvgIpc) is 2.62. The minimum absolute atomic E-state index is 0.914. The molecule has 0 aliphatic heterocycles. The third kappa shape index (κ3) is 1.21. The molecule has 0 radical (unpaired) electrons. The van der Waals surface area contributed by atoms with E-state index in [1.165, 1.54) is 56.5 Å². The lowest BCUT2D eigenvalue weighted by molar-refractivity contribution is 0.282. The molecule has 0 N–H and O–H groups in total. The van der Waals surface area contributed by atoms with E-state index < -0.39 is 0 Å². The van der Waals surface area contributed by atoms with E-state index in [9.17, 15) is 0 Å². The largest absolute Gasteiger partial charge is 0.466 e. The Bertz CT molecular complexity index is 285. The van der Waals surface area contributed by atoms with Crippen molar-refractivity contribution >= 4 is 0 Å². The highest BCUT2D eigenvalue weighted by atomic mass is 16.5. The van der Waals surface area contributed by atoms with Gasteiger partial charge >= 0.3 is 0 Å². The lowest BCUT2D eigenvalue weighted by Crippen LogP contribution is -2.11. The van der Waals surface area contributed by atoms with Crippen molar-refractivity contribution in [1.82, 2.24) is 0 Å². The minimum Gasteiger partial charge on any atom is -0.466 e. The van der Waals surface area contributed by atoms with Crippen LogP contribution in [0.15, 0.2) is 23.2 Å². The Balaban J connectivity index is 1.72. The summed E-state index contributed by atoms with van der Waals surface area (Å²) < 4.78 is 5.95. The fraction of sp³-hybridized carbons (Fsp3) is 0.667. The van der Waals surface area contributed by atoms with Crippen LogP contribution in [0, 0.1) is 5.92 Å². The third-order valence-electron chi connectivity index (χ3n) is 3.59. The summed E-state index contributed by atoms with van der Waals surface area (Å²) in [6, 6.07) is 0. The SMILES string of the molecule is C1=C(OC2=C3CCC3CC2)CCC1. The van der Waals surface area contributed by atoms with Crippen molar-refractivity contribution < 1.29 is 4.74 Å². The zero-order valence-corrected chi connectivity index (χ0v) is 8.01. The fourth-order valence-corrected chi connectivity index (χ4v) is 2.65. The van der Waals surface area contributed by atoms with Gasteiger partial charge in [-0.15, -0.1) is 0 Å². The van der Waals surface area contributed by atoms with Gasteiger partial charge in [0.05, 0.1) is 5.76 Å². The van der Waals surface area contributed by atoms with Crippen LogP contribution in [0.1, 0.15) is 44.9 Å². The molecular weight excluding hydrogens is 160 g/mol. The van der Waals surface area contributed by atoms with Crippen LogP contribution in [0.2, 0.25) is 0 Å². The van der Waals surface area contributed by atoms with Crippen molar-refractivity contribution in [3.8, 4) is 0 Å². The highest BCUT2D eigenvalue weighted by Gasteiger charge is 2.33. The summed E-state index contributed by atoms with van der Waals surface area (Å²) in [5, 5.41) is 0. The van der Waals surface area contributed by atoms with Gasteiger partial charge in [0.2, 0.25) is 0 Å². The van der Waals surface area contributed by atoms with Crippen molar-refractivity contribution in [3.63, 3.8) is 0 Å². The minimum atomic E-state index is 0.914. The van der Waals surface area contributed by atoms with Crippen LogP contribution < -0.4 is 0 Å². The zero-order valence-electron chi connectivity index (χ0n) is 8.01. The molecule has 0 aromatic rings. The molecule has 1 unspecified atom stereocenters. The first kappa shape index (κ1) is 7.66. The molecule has 1 saturated carbocycles. The molecule has 1 heteroatoms. The molecule has 0 amide bonds. The van der Waals surface area contributed by atoms with Gasteiger partial charge in [0.15, 0.2) is 0 Å². The molecule has 1 fully saturated rings. The number of rotatable bonds is 2. The van der Waals surface area contributed by atoms with Crippen molar-refractivity contribution in [2.24, 2.45) is 5.92 Å². The summed E-state index contributed by atoms with van der Waals surface area (Å²) in [7, 11) is 0. The monoisotopic (exact) mass is 176 g/mol. The maximum atomic E-state index is 5.95. The van der Waals surface area contributed by atoms with Gasteiger partial charge in [0.1, 0.15) is 5.76 Å². The Morgan fingerprint density at radius 3 is 2.69 bits per heavy atom. The molecule has 3 aliphatic carbocycles. The lowest BCUT2D eigenvalue weighted by atomic mass is 9.81. The van der Waals surface area contributed by atoms with Crippen LogP contribution in [0.3, 0.4) is 0 Å². The van der Waals surface area contributed by atoms with E-state index in [4.69, 9.17) is 4.74 Å². The molecule has 0 saturated heterocycles. The van der Waals surface area contributed by atoms with E-state index in [0.29, 0.717) is 0 Å². The molecule has 0 aromatic carbocycles. The quantitative estimate of drug-likeness (QED) is 0.625. The summed E-state index contributed by atoms with van der Waals surface area (Å²) in [5.41, 5.74) is 1.65. The summed E-state index contributed by atoms with van der Waals surface area (Å²) in [4.78, 5) is 0. The Kier molecular flexibility index (Phi) is 1.71. The zero-order chi connectivity index (χ0) is 8.67. The first-order chi connectivity index (χ1) is 6.43. The second kappa shape index (κ2) is 2.90. The van der Waals surface area contributed by atoms with Crippen LogP contribution in [0.5, 0.6) is 0 Å². The van der Waals surface area contributed by atoms with Crippen molar-refractivity contribution in [3.05, 3.63) is 23.2 Å². The van der Waals surface area contributed by atoms with Gasteiger partial charge in [0.25, 0.3) is 0 Å². The molecule has 1 nitrogen and oxygen atoms in total. The summed E-state index contributed by atoms with van der Waals surface area (Å²) >= 11 is 0. The molecule has 0 aromatic heterocycles. The van der Waals surface area contributed by atoms with E-state index in [-0.39, 0.29) is 0 Å². The topological polar surface area (TPSA) is 9.23 Å². The number of fused-ring (bicyclic) bond motifs is 1. The van der Waals surface area contributed by atoms with Crippen LogP contribution in [-0.4, -0.2) is 0 Å². The van der Waals surface area contributed by atoms with Gasteiger partial charge in [-0.05, 0) is 49.7 Å². The predicted molar refractivity (Wildman–Crippen MR) is 52.0 cm³/mol. The molecule has 3 rings (SSSR count). The summed E-state index contributed by atoms with van der Waals surface area (Å²) in [6.07, 6.45) is 11.2. The van der Waals surface area contributed by atoms with E-state index in [2.05, 4.69) is 6.08 Å². The predicted octanol–water partition coefficient (Wildman–Crippen LogP) is 3.53. The normalized spacial score (nSPS) is 31.4. The van der Waals surface area contributed by atoms with E-state index in [1.807, 2.05) is 0 Å². The molecule has 0 bridgehead atoms. The Hall–Kier alpha value is -0.720. The first-order valence-electron chi connectivity index (χ1n) is 5.52. The molecule has 0 heterocycles. The average molecular weight is 176 g/mol. The van der Waals surface area contributed by atoms with Gasteiger partial charge in [-0.1, -0.05) is 0 Å². The molecule has 1 atom stereocenters. The highest BCUT2D eigenvalue weighted by Crippen LogP contribution is 2.47. The number of hydrogen-bond acceptors (Lipinski definition) is 1. The van der Waals surface area contributed by atoms with Crippen LogP contribution >= 0.6 is 0 Å². The fourth-order valence-electron chi connectivity index (χ4n) is 2.65. The third-order valence-corrected chi connectivity index (χ3v) is 3.59. The van der Waals surface area contributed by atoms with E-state index >= 15 is 0 Å². The lowest BCUT2D eigenvalue weighted by Gasteiger charge is -2.24. The van der Waals surface area contributed by atoms with Crippen LogP contribution in [0.25, 0.3) is 0 Å². The molecular formula is C12H16O.